The van der Waals surface area contributed by atoms with Gasteiger partial charge in [0, 0.05) is 19.6 Å². The summed E-state index contributed by atoms with van der Waals surface area (Å²) in [4.78, 5) is 0.340. The van der Waals surface area contributed by atoms with Crippen molar-refractivity contribution in [2.24, 2.45) is 0 Å². The largest absolute Gasteiger partial charge is 0.495 e. The van der Waals surface area contributed by atoms with Crippen molar-refractivity contribution in [3.63, 3.8) is 0 Å². The van der Waals surface area contributed by atoms with E-state index in [9.17, 15) is 16.8 Å². The smallest absolute Gasteiger partial charge is 0.268 e. The number of benzene rings is 2. The fourth-order valence-electron chi connectivity index (χ4n) is 3.94. The van der Waals surface area contributed by atoms with Crippen molar-refractivity contribution in [3.8, 4) is 5.75 Å². The van der Waals surface area contributed by atoms with Crippen molar-refractivity contribution in [1.29, 1.82) is 0 Å². The van der Waals surface area contributed by atoms with Crippen molar-refractivity contribution in [2.75, 3.05) is 31.0 Å². The number of rotatable bonds is 5. The highest BCUT2D eigenvalue weighted by Gasteiger charge is 2.35. The number of nitrogens with zero attached hydrogens (tertiary/aromatic N) is 2. The number of hydrogen-bond acceptors (Lipinski definition) is 5. The lowest BCUT2D eigenvalue weighted by Crippen LogP contribution is -2.29. The maximum atomic E-state index is 13.3. The summed E-state index contributed by atoms with van der Waals surface area (Å²) in [7, 11) is -5.93. The summed E-state index contributed by atoms with van der Waals surface area (Å²) in [6.07, 6.45) is 2.20. The number of sulfonamides is 2. The Morgan fingerprint density at radius 2 is 1.62 bits per heavy atom. The van der Waals surface area contributed by atoms with Gasteiger partial charge in [0.1, 0.15) is 10.6 Å². The Kier molecular flexibility index (Phi) is 5.08. The zero-order chi connectivity index (χ0) is 20.8. The highest BCUT2D eigenvalue weighted by molar-refractivity contribution is 7.93. The highest BCUT2D eigenvalue weighted by atomic mass is 32.2. The van der Waals surface area contributed by atoms with E-state index in [1.54, 1.807) is 30.3 Å². The number of ether oxygens (including phenoxy) is 1. The Labute approximate surface area is 172 Å². The van der Waals surface area contributed by atoms with Crippen LogP contribution in [0.25, 0.3) is 0 Å². The van der Waals surface area contributed by atoms with Crippen LogP contribution in [0.2, 0.25) is 0 Å². The van der Waals surface area contributed by atoms with Crippen LogP contribution in [0.4, 0.5) is 5.69 Å². The van der Waals surface area contributed by atoms with E-state index in [1.165, 1.54) is 21.8 Å². The second-order valence-corrected chi connectivity index (χ2v) is 11.2. The normalized spacial score (nSPS) is 17.5. The molecule has 2 aromatic rings. The summed E-state index contributed by atoms with van der Waals surface area (Å²) in [6.45, 7) is 3.16. The van der Waals surface area contributed by atoms with Gasteiger partial charge in [-0.05, 0) is 67.6 Å². The summed E-state index contributed by atoms with van der Waals surface area (Å²) in [5.74, 6) is 0.289. The third kappa shape index (κ3) is 3.41. The predicted octanol–water partition coefficient (Wildman–Crippen LogP) is 2.54. The number of aryl methyl sites for hydroxylation is 1. The second kappa shape index (κ2) is 7.30. The SMILES string of the molecule is COc1ccc(C)cc1S(=O)(=O)N1CCc2cc(S(=O)(=O)N3CCCC3)ccc21. The van der Waals surface area contributed by atoms with E-state index in [4.69, 9.17) is 4.74 Å². The predicted molar refractivity (Wildman–Crippen MR) is 110 cm³/mol. The van der Waals surface area contributed by atoms with Crippen molar-refractivity contribution < 1.29 is 21.6 Å². The van der Waals surface area contributed by atoms with Gasteiger partial charge in [-0.3, -0.25) is 4.31 Å². The maximum absolute atomic E-state index is 13.3. The van der Waals surface area contributed by atoms with E-state index >= 15 is 0 Å². The molecule has 29 heavy (non-hydrogen) atoms. The molecule has 9 heteroatoms. The Morgan fingerprint density at radius 3 is 2.31 bits per heavy atom. The third-order valence-electron chi connectivity index (χ3n) is 5.49. The standard InChI is InChI=1S/C20H24N2O5S2/c1-15-5-8-19(27-2)20(13-15)29(25,26)22-12-9-16-14-17(6-7-18(16)22)28(23,24)21-10-3-4-11-21/h5-8,13-14H,3-4,9-12H2,1-2H3. The van der Waals surface area contributed by atoms with Gasteiger partial charge in [0.25, 0.3) is 10.0 Å². The molecule has 0 bridgehead atoms. The molecule has 0 saturated carbocycles. The molecule has 0 N–H and O–H groups in total. The van der Waals surface area contributed by atoms with Gasteiger partial charge in [0.05, 0.1) is 17.7 Å². The Morgan fingerprint density at radius 1 is 0.897 bits per heavy atom. The van der Waals surface area contributed by atoms with Gasteiger partial charge in [-0.25, -0.2) is 16.8 Å². The van der Waals surface area contributed by atoms with Crippen LogP contribution in [0.3, 0.4) is 0 Å². The van der Waals surface area contributed by atoms with E-state index in [-0.39, 0.29) is 22.1 Å². The average molecular weight is 437 g/mol. The van der Waals surface area contributed by atoms with E-state index in [0.717, 1.165) is 24.0 Å². The van der Waals surface area contributed by atoms with Gasteiger partial charge in [-0.15, -0.1) is 0 Å². The lowest BCUT2D eigenvalue weighted by molar-refractivity contribution is 0.402. The molecule has 2 aliphatic rings. The lowest BCUT2D eigenvalue weighted by Gasteiger charge is -2.22. The molecule has 7 nitrogen and oxygen atoms in total. The van der Waals surface area contributed by atoms with E-state index < -0.39 is 20.0 Å². The first-order chi connectivity index (χ1) is 13.7. The fourth-order valence-corrected chi connectivity index (χ4v) is 7.25. The summed E-state index contributed by atoms with van der Waals surface area (Å²) in [5, 5.41) is 0. The van der Waals surface area contributed by atoms with Crippen LogP contribution in [0.15, 0.2) is 46.2 Å². The van der Waals surface area contributed by atoms with Crippen LogP contribution in [-0.4, -0.2) is 47.9 Å². The monoisotopic (exact) mass is 436 g/mol. The summed E-state index contributed by atoms with van der Waals surface area (Å²) in [6, 6.07) is 9.76. The molecule has 2 aromatic carbocycles. The molecule has 0 spiro atoms. The van der Waals surface area contributed by atoms with Crippen LogP contribution < -0.4 is 9.04 Å². The maximum Gasteiger partial charge on any atom is 0.268 e. The minimum atomic E-state index is -3.83. The average Bonchev–Trinajstić information content (AvgIpc) is 3.37. The summed E-state index contributed by atoms with van der Waals surface area (Å²) in [5.41, 5.74) is 2.06. The summed E-state index contributed by atoms with van der Waals surface area (Å²) >= 11 is 0. The Bertz CT molecular complexity index is 1150. The molecule has 0 aromatic heterocycles. The topological polar surface area (TPSA) is 84.0 Å². The molecule has 0 amide bonds. The van der Waals surface area contributed by atoms with Gasteiger partial charge in [-0.2, -0.15) is 4.31 Å². The minimum Gasteiger partial charge on any atom is -0.495 e. The Hall–Kier alpha value is -2.10. The molecule has 0 unspecified atom stereocenters. The second-order valence-electron chi connectivity index (χ2n) is 7.38. The van der Waals surface area contributed by atoms with Crippen molar-refractivity contribution in [1.82, 2.24) is 4.31 Å². The molecule has 0 radical (unpaired) electrons. The van der Waals surface area contributed by atoms with E-state index in [1.807, 2.05) is 6.92 Å². The molecule has 1 saturated heterocycles. The van der Waals surface area contributed by atoms with Crippen molar-refractivity contribution in [3.05, 3.63) is 47.5 Å². The van der Waals surface area contributed by atoms with Gasteiger partial charge in [0.15, 0.2) is 0 Å². The molecule has 2 heterocycles. The van der Waals surface area contributed by atoms with Crippen molar-refractivity contribution >= 4 is 25.7 Å². The molecule has 1 fully saturated rings. The van der Waals surface area contributed by atoms with Gasteiger partial charge in [-0.1, -0.05) is 6.07 Å². The molecule has 156 valence electrons. The minimum absolute atomic E-state index is 0.113. The van der Waals surface area contributed by atoms with Crippen LogP contribution >= 0.6 is 0 Å². The number of fused-ring (bicyclic) bond motifs is 1. The lowest BCUT2D eigenvalue weighted by atomic mass is 10.2. The molecule has 0 atom stereocenters. The van der Waals surface area contributed by atoms with Crippen molar-refractivity contribution in [2.45, 2.75) is 36.0 Å². The van der Waals surface area contributed by atoms with Crippen LogP contribution in [0.1, 0.15) is 24.0 Å². The van der Waals surface area contributed by atoms with Gasteiger partial charge >= 0.3 is 0 Å². The molecular formula is C20H24N2O5S2. The zero-order valence-electron chi connectivity index (χ0n) is 16.5. The van der Waals surface area contributed by atoms with Gasteiger partial charge < -0.3 is 4.74 Å². The van der Waals surface area contributed by atoms with Gasteiger partial charge in [0.2, 0.25) is 10.0 Å². The number of anilines is 1. The molecule has 0 aliphatic carbocycles. The van der Waals surface area contributed by atoms with E-state index in [0.29, 0.717) is 25.2 Å². The quantitative estimate of drug-likeness (QED) is 0.719. The first-order valence-corrected chi connectivity index (χ1v) is 12.4. The zero-order valence-corrected chi connectivity index (χ0v) is 18.1. The van der Waals surface area contributed by atoms with E-state index in [2.05, 4.69) is 0 Å². The van der Waals surface area contributed by atoms with Crippen LogP contribution in [-0.2, 0) is 26.5 Å². The third-order valence-corrected chi connectivity index (χ3v) is 9.22. The summed E-state index contributed by atoms with van der Waals surface area (Å²) < 4.78 is 60.4. The first-order valence-electron chi connectivity index (χ1n) is 9.55. The highest BCUT2D eigenvalue weighted by Crippen LogP contribution is 2.37. The molecule has 2 aliphatic heterocycles. The molecule has 4 rings (SSSR count). The molecular weight excluding hydrogens is 412 g/mol. The first kappa shape index (κ1) is 20.2. The number of hydrogen-bond donors (Lipinski definition) is 0. The van der Waals surface area contributed by atoms with Crippen LogP contribution in [0.5, 0.6) is 5.75 Å². The number of methoxy groups -OCH3 is 1. The van der Waals surface area contributed by atoms with Crippen LogP contribution in [0, 0.1) is 6.92 Å². The fraction of sp³-hybridized carbons (Fsp3) is 0.400. The Balaban J connectivity index is 1.72.